The highest BCUT2D eigenvalue weighted by Crippen LogP contribution is 2.28. The van der Waals surface area contributed by atoms with Gasteiger partial charge in [-0.15, -0.1) is 10.2 Å². The van der Waals surface area contributed by atoms with Crippen LogP contribution in [0.15, 0.2) is 42.6 Å². The summed E-state index contributed by atoms with van der Waals surface area (Å²) < 4.78 is 7.19. The molecule has 124 valence electrons. The van der Waals surface area contributed by atoms with Gasteiger partial charge in [0.05, 0.1) is 24.5 Å². The zero-order chi connectivity index (χ0) is 17.1. The highest BCUT2D eigenvalue weighted by atomic mass is 16.5. The minimum absolute atomic E-state index is 0.102. The molecular formula is C18H21N5O. The number of benzene rings is 1. The lowest BCUT2D eigenvalue weighted by atomic mass is 10.1. The fourth-order valence-corrected chi connectivity index (χ4v) is 2.75. The molecule has 2 aromatic heterocycles. The molecule has 6 heteroatoms. The van der Waals surface area contributed by atoms with Crippen LogP contribution in [-0.4, -0.2) is 27.1 Å². The molecule has 1 unspecified atom stereocenters. The van der Waals surface area contributed by atoms with Gasteiger partial charge in [0.2, 0.25) is 0 Å². The van der Waals surface area contributed by atoms with E-state index in [-0.39, 0.29) is 6.04 Å². The summed E-state index contributed by atoms with van der Waals surface area (Å²) in [6.45, 7) is 4.09. The maximum atomic E-state index is 5.38. The number of rotatable bonds is 5. The smallest absolute Gasteiger partial charge is 0.149 e. The Morgan fingerprint density at radius 3 is 2.54 bits per heavy atom. The van der Waals surface area contributed by atoms with E-state index in [0.717, 1.165) is 34.1 Å². The van der Waals surface area contributed by atoms with Crippen molar-refractivity contribution in [2.75, 3.05) is 12.4 Å². The number of para-hydroxylation sites is 1. The topological polar surface area (TPSA) is 64.9 Å². The average molecular weight is 323 g/mol. The van der Waals surface area contributed by atoms with Crippen LogP contribution >= 0.6 is 0 Å². The number of aryl methyl sites for hydroxylation is 2. The normalized spacial score (nSPS) is 12.0. The van der Waals surface area contributed by atoms with Gasteiger partial charge in [-0.2, -0.15) is 5.10 Å². The van der Waals surface area contributed by atoms with E-state index in [1.54, 1.807) is 7.11 Å². The van der Waals surface area contributed by atoms with Gasteiger partial charge in [-0.3, -0.25) is 4.68 Å². The van der Waals surface area contributed by atoms with Crippen molar-refractivity contribution in [3.05, 3.63) is 53.9 Å². The van der Waals surface area contributed by atoms with E-state index in [0.29, 0.717) is 0 Å². The Morgan fingerprint density at radius 2 is 1.92 bits per heavy atom. The highest BCUT2D eigenvalue weighted by molar-refractivity contribution is 5.67. The first kappa shape index (κ1) is 16.0. The molecule has 1 atom stereocenters. The van der Waals surface area contributed by atoms with Crippen molar-refractivity contribution in [1.29, 1.82) is 0 Å². The molecule has 0 saturated heterocycles. The molecule has 24 heavy (non-hydrogen) atoms. The summed E-state index contributed by atoms with van der Waals surface area (Å²) in [5.41, 5.74) is 3.86. The maximum absolute atomic E-state index is 5.38. The van der Waals surface area contributed by atoms with Crippen LogP contribution < -0.4 is 10.1 Å². The Bertz CT molecular complexity index is 826. The molecule has 0 bridgehead atoms. The predicted molar refractivity (Wildman–Crippen MR) is 94.0 cm³/mol. The molecule has 0 aliphatic carbocycles. The lowest BCUT2D eigenvalue weighted by Crippen LogP contribution is -2.09. The summed E-state index contributed by atoms with van der Waals surface area (Å²) in [6.07, 6.45) is 2.02. The van der Waals surface area contributed by atoms with Crippen molar-refractivity contribution >= 4 is 5.82 Å². The third-order valence-electron chi connectivity index (χ3n) is 3.93. The molecule has 1 aromatic carbocycles. The van der Waals surface area contributed by atoms with Crippen molar-refractivity contribution in [3.8, 4) is 17.0 Å². The monoisotopic (exact) mass is 323 g/mol. The molecule has 6 nitrogen and oxygen atoms in total. The summed E-state index contributed by atoms with van der Waals surface area (Å²) in [5.74, 6) is 1.51. The van der Waals surface area contributed by atoms with Crippen molar-refractivity contribution < 1.29 is 4.74 Å². The highest BCUT2D eigenvalue weighted by Gasteiger charge is 2.13. The quantitative estimate of drug-likeness (QED) is 0.780. The number of methoxy groups -OCH3 is 1. The van der Waals surface area contributed by atoms with E-state index in [1.807, 2.05) is 61.2 Å². The van der Waals surface area contributed by atoms with Crippen LogP contribution in [-0.2, 0) is 7.05 Å². The lowest BCUT2D eigenvalue weighted by Gasteiger charge is -2.14. The SMILES string of the molecule is COc1ccccc1-c1ccc(NC(C)c2cn(C)nc2C)nn1. The van der Waals surface area contributed by atoms with E-state index in [9.17, 15) is 0 Å². The van der Waals surface area contributed by atoms with Crippen LogP contribution in [0.1, 0.15) is 24.2 Å². The third kappa shape index (κ3) is 3.22. The number of ether oxygens (including phenoxy) is 1. The van der Waals surface area contributed by atoms with E-state index in [1.165, 1.54) is 0 Å². The predicted octanol–water partition coefficient (Wildman–Crippen LogP) is 3.37. The Balaban J connectivity index is 1.78. The van der Waals surface area contributed by atoms with Crippen molar-refractivity contribution in [2.24, 2.45) is 7.05 Å². The van der Waals surface area contributed by atoms with Crippen molar-refractivity contribution in [2.45, 2.75) is 19.9 Å². The zero-order valence-electron chi connectivity index (χ0n) is 14.3. The van der Waals surface area contributed by atoms with E-state index < -0.39 is 0 Å². The molecule has 1 N–H and O–H groups in total. The van der Waals surface area contributed by atoms with Gasteiger partial charge in [-0.1, -0.05) is 12.1 Å². The second-order valence-corrected chi connectivity index (χ2v) is 5.71. The van der Waals surface area contributed by atoms with Crippen LogP contribution in [0.3, 0.4) is 0 Å². The number of nitrogens with one attached hydrogen (secondary N) is 1. The summed E-state index contributed by atoms with van der Waals surface area (Å²) in [5, 5.41) is 16.3. The number of aromatic nitrogens is 4. The van der Waals surface area contributed by atoms with Crippen molar-refractivity contribution in [1.82, 2.24) is 20.0 Å². The number of anilines is 1. The standard InChI is InChI=1S/C18H21N5O/c1-12(15-11-23(3)22-13(15)2)19-18-10-9-16(20-21-18)14-7-5-6-8-17(14)24-4/h5-12H,1-4H3,(H,19,21). The first-order chi connectivity index (χ1) is 11.6. The Kier molecular flexibility index (Phi) is 4.46. The minimum Gasteiger partial charge on any atom is -0.496 e. The Hall–Kier alpha value is -2.89. The zero-order valence-corrected chi connectivity index (χ0v) is 14.3. The molecule has 0 spiro atoms. The molecule has 0 fully saturated rings. The number of hydrogen-bond donors (Lipinski definition) is 1. The van der Waals surface area contributed by atoms with Gasteiger partial charge in [0, 0.05) is 24.4 Å². The van der Waals surface area contributed by atoms with Gasteiger partial charge in [0.1, 0.15) is 11.6 Å². The largest absolute Gasteiger partial charge is 0.496 e. The molecule has 3 aromatic rings. The van der Waals surface area contributed by atoms with Gasteiger partial charge >= 0.3 is 0 Å². The summed E-state index contributed by atoms with van der Waals surface area (Å²) >= 11 is 0. The molecular weight excluding hydrogens is 302 g/mol. The lowest BCUT2D eigenvalue weighted by molar-refractivity contribution is 0.416. The molecule has 0 aliphatic heterocycles. The van der Waals surface area contributed by atoms with Crippen LogP contribution in [0, 0.1) is 6.92 Å². The van der Waals surface area contributed by atoms with Gasteiger partial charge in [-0.05, 0) is 38.1 Å². The van der Waals surface area contributed by atoms with Crippen LogP contribution in [0.25, 0.3) is 11.3 Å². The summed E-state index contributed by atoms with van der Waals surface area (Å²) in [6, 6.07) is 11.7. The summed E-state index contributed by atoms with van der Waals surface area (Å²) in [4.78, 5) is 0. The van der Waals surface area contributed by atoms with Crippen LogP contribution in [0.4, 0.5) is 5.82 Å². The molecule has 0 radical (unpaired) electrons. The van der Waals surface area contributed by atoms with E-state index in [2.05, 4.69) is 27.5 Å². The van der Waals surface area contributed by atoms with E-state index in [4.69, 9.17) is 4.74 Å². The van der Waals surface area contributed by atoms with Crippen LogP contribution in [0.2, 0.25) is 0 Å². The molecule has 0 saturated carbocycles. The first-order valence-corrected chi connectivity index (χ1v) is 7.82. The maximum Gasteiger partial charge on any atom is 0.149 e. The first-order valence-electron chi connectivity index (χ1n) is 7.82. The van der Waals surface area contributed by atoms with Gasteiger partial charge in [0.15, 0.2) is 0 Å². The van der Waals surface area contributed by atoms with E-state index >= 15 is 0 Å². The molecule has 0 aliphatic rings. The Labute approximate surface area is 141 Å². The molecule has 3 rings (SSSR count). The number of hydrogen-bond acceptors (Lipinski definition) is 5. The second-order valence-electron chi connectivity index (χ2n) is 5.71. The van der Waals surface area contributed by atoms with Gasteiger partial charge < -0.3 is 10.1 Å². The Morgan fingerprint density at radius 1 is 1.12 bits per heavy atom. The fourth-order valence-electron chi connectivity index (χ4n) is 2.75. The summed E-state index contributed by atoms with van der Waals surface area (Å²) in [7, 11) is 3.57. The van der Waals surface area contributed by atoms with Gasteiger partial charge in [0.25, 0.3) is 0 Å². The third-order valence-corrected chi connectivity index (χ3v) is 3.93. The average Bonchev–Trinajstić information content (AvgIpc) is 2.94. The fraction of sp³-hybridized carbons (Fsp3) is 0.278. The van der Waals surface area contributed by atoms with Crippen LogP contribution in [0.5, 0.6) is 5.75 Å². The van der Waals surface area contributed by atoms with Gasteiger partial charge in [-0.25, -0.2) is 0 Å². The number of nitrogens with zero attached hydrogens (tertiary/aromatic N) is 4. The molecule has 0 amide bonds. The van der Waals surface area contributed by atoms with Crippen molar-refractivity contribution in [3.63, 3.8) is 0 Å². The molecule has 2 heterocycles. The second kappa shape index (κ2) is 6.70. The minimum atomic E-state index is 0.102.